The van der Waals surface area contributed by atoms with E-state index in [9.17, 15) is 28.1 Å². The van der Waals surface area contributed by atoms with E-state index in [2.05, 4.69) is 0 Å². The van der Waals surface area contributed by atoms with Crippen LogP contribution in [0.25, 0.3) is 0 Å². The lowest BCUT2D eigenvalue weighted by molar-refractivity contribution is -0.384. The number of benzene rings is 2. The first-order valence-electron chi connectivity index (χ1n) is 13.1. The zero-order valence-electron chi connectivity index (χ0n) is 21.5. The number of hydrogen-bond donors (Lipinski definition) is 0. The van der Waals surface area contributed by atoms with E-state index < -0.39 is 20.9 Å². The fourth-order valence-corrected chi connectivity index (χ4v) is 6.72. The highest BCUT2D eigenvalue weighted by Crippen LogP contribution is 2.35. The second-order valence-corrected chi connectivity index (χ2v) is 11.8. The van der Waals surface area contributed by atoms with Gasteiger partial charge in [-0.1, -0.05) is 12.8 Å². The van der Waals surface area contributed by atoms with Crippen molar-refractivity contribution < 1.29 is 27.7 Å². The number of amides is 2. The summed E-state index contributed by atoms with van der Waals surface area (Å²) < 4.78 is 33.7. The van der Waals surface area contributed by atoms with Gasteiger partial charge in [0.2, 0.25) is 15.9 Å². The highest BCUT2D eigenvalue weighted by atomic mass is 32.2. The Morgan fingerprint density at radius 1 is 0.923 bits per heavy atom. The summed E-state index contributed by atoms with van der Waals surface area (Å²) in [6.07, 6.45) is 3.61. The number of carbonyl (C=O) groups excluding carboxylic acids is 2. The van der Waals surface area contributed by atoms with Crippen molar-refractivity contribution in [2.75, 3.05) is 62.2 Å². The Kier molecular flexibility index (Phi) is 7.71. The van der Waals surface area contributed by atoms with Crippen molar-refractivity contribution in [1.82, 2.24) is 9.21 Å². The maximum absolute atomic E-state index is 13.4. The van der Waals surface area contributed by atoms with Crippen molar-refractivity contribution in [3.63, 3.8) is 0 Å². The molecule has 0 spiro atoms. The maximum atomic E-state index is 13.4. The van der Waals surface area contributed by atoms with Gasteiger partial charge in [0.25, 0.3) is 11.6 Å². The largest absolute Gasteiger partial charge is 0.482 e. The van der Waals surface area contributed by atoms with Gasteiger partial charge in [0.1, 0.15) is 12.3 Å². The zero-order chi connectivity index (χ0) is 27.6. The van der Waals surface area contributed by atoms with Gasteiger partial charge < -0.3 is 14.5 Å². The normalized spacial score (nSPS) is 18.8. The third-order valence-electron chi connectivity index (χ3n) is 7.43. The lowest BCUT2D eigenvalue weighted by Crippen LogP contribution is -2.53. The van der Waals surface area contributed by atoms with E-state index in [4.69, 9.17) is 4.74 Å². The monoisotopic (exact) mass is 557 g/mol. The number of carbonyl (C=O) groups is 2. The fraction of sp³-hybridized carbons (Fsp3) is 0.462. The first-order chi connectivity index (χ1) is 18.7. The molecule has 5 rings (SSSR count). The van der Waals surface area contributed by atoms with E-state index in [0.717, 1.165) is 31.4 Å². The summed E-state index contributed by atoms with van der Waals surface area (Å²) in [5.74, 6) is -0.301. The van der Waals surface area contributed by atoms with Crippen LogP contribution < -0.4 is 14.5 Å². The number of nitro benzene ring substituents is 1. The van der Waals surface area contributed by atoms with Crippen molar-refractivity contribution in [2.24, 2.45) is 0 Å². The lowest BCUT2D eigenvalue weighted by atomic mass is 10.2. The molecule has 39 heavy (non-hydrogen) atoms. The van der Waals surface area contributed by atoms with E-state index in [1.165, 1.54) is 33.5 Å². The summed E-state index contributed by atoms with van der Waals surface area (Å²) in [7, 11) is -3.75. The molecule has 3 heterocycles. The highest BCUT2D eigenvalue weighted by molar-refractivity contribution is 7.89. The molecule has 2 amide bonds. The molecule has 0 aliphatic carbocycles. The molecular weight excluding hydrogens is 526 g/mol. The predicted molar refractivity (Wildman–Crippen MR) is 143 cm³/mol. The minimum absolute atomic E-state index is 0.0189. The molecule has 0 atom stereocenters. The number of rotatable bonds is 6. The van der Waals surface area contributed by atoms with E-state index in [0.29, 0.717) is 45.0 Å². The van der Waals surface area contributed by atoms with Crippen molar-refractivity contribution in [3.8, 4) is 5.75 Å². The number of piperazine rings is 1. The van der Waals surface area contributed by atoms with Crippen LogP contribution in [0.3, 0.4) is 0 Å². The summed E-state index contributed by atoms with van der Waals surface area (Å²) in [5, 5.41) is 10.9. The maximum Gasteiger partial charge on any atom is 0.269 e. The van der Waals surface area contributed by atoms with Crippen LogP contribution in [0.5, 0.6) is 5.75 Å². The minimum Gasteiger partial charge on any atom is -0.482 e. The Hall–Kier alpha value is -3.71. The Balaban J connectivity index is 1.27. The molecule has 3 aliphatic rings. The zero-order valence-corrected chi connectivity index (χ0v) is 22.3. The smallest absolute Gasteiger partial charge is 0.269 e. The molecular formula is C26H31N5O7S. The standard InChI is InChI=1S/C26H31N5O7S/c32-25(28-15-13-27(14-16-28)20-5-7-21(8-6-20)31(34)35)18-30-23-17-22(9-10-24(23)38-19-26(30)33)39(36,37)29-11-3-1-2-4-12-29/h5-10,17H,1-4,11-16,18-19H2. The molecule has 208 valence electrons. The molecule has 0 saturated carbocycles. The van der Waals surface area contributed by atoms with Gasteiger partial charge in [0, 0.05) is 57.1 Å². The molecule has 0 N–H and O–H groups in total. The Bertz CT molecular complexity index is 1350. The molecule has 0 unspecified atom stereocenters. The topological polar surface area (TPSA) is 134 Å². The van der Waals surface area contributed by atoms with Gasteiger partial charge in [-0.25, -0.2) is 8.42 Å². The molecule has 2 fully saturated rings. The van der Waals surface area contributed by atoms with Crippen molar-refractivity contribution >= 4 is 38.9 Å². The van der Waals surface area contributed by atoms with Crippen LogP contribution in [-0.2, 0) is 19.6 Å². The van der Waals surface area contributed by atoms with Gasteiger partial charge in [-0.15, -0.1) is 0 Å². The van der Waals surface area contributed by atoms with Crippen molar-refractivity contribution in [3.05, 3.63) is 52.6 Å². The van der Waals surface area contributed by atoms with Crippen molar-refractivity contribution in [1.29, 1.82) is 0 Å². The van der Waals surface area contributed by atoms with Crippen LogP contribution in [0.15, 0.2) is 47.4 Å². The number of hydrogen-bond acceptors (Lipinski definition) is 8. The number of non-ortho nitro benzene ring substituents is 1. The summed E-state index contributed by atoms with van der Waals surface area (Å²) in [6.45, 7) is 2.39. The molecule has 2 aromatic rings. The van der Waals surface area contributed by atoms with E-state index in [-0.39, 0.29) is 35.3 Å². The number of ether oxygens (including phenoxy) is 1. The van der Waals surface area contributed by atoms with Gasteiger partial charge in [-0.05, 0) is 43.2 Å². The molecule has 0 radical (unpaired) electrons. The third-order valence-corrected chi connectivity index (χ3v) is 9.32. The first kappa shape index (κ1) is 26.9. The number of fused-ring (bicyclic) bond motifs is 1. The third kappa shape index (κ3) is 5.69. The molecule has 2 saturated heterocycles. The van der Waals surface area contributed by atoms with Crippen LogP contribution >= 0.6 is 0 Å². The lowest BCUT2D eigenvalue weighted by Gasteiger charge is -2.37. The minimum atomic E-state index is -3.75. The molecule has 0 aromatic heterocycles. The SMILES string of the molecule is O=C(CN1C(=O)COc2ccc(S(=O)(=O)N3CCCCCC3)cc21)N1CCN(c2ccc([N+](=O)[O-])cc2)CC1. The Morgan fingerprint density at radius 3 is 2.23 bits per heavy atom. The Labute approximate surface area is 226 Å². The van der Waals surface area contributed by atoms with Gasteiger partial charge in [-0.3, -0.25) is 24.6 Å². The summed E-state index contributed by atoms with van der Waals surface area (Å²) in [6, 6.07) is 10.8. The average Bonchev–Trinajstić information content (AvgIpc) is 3.25. The number of anilines is 2. The average molecular weight is 558 g/mol. The molecule has 2 aromatic carbocycles. The highest BCUT2D eigenvalue weighted by Gasteiger charge is 2.33. The number of nitrogens with zero attached hydrogens (tertiary/aromatic N) is 5. The van der Waals surface area contributed by atoms with Crippen LogP contribution in [-0.4, -0.2) is 86.8 Å². The van der Waals surface area contributed by atoms with Crippen molar-refractivity contribution in [2.45, 2.75) is 30.6 Å². The van der Waals surface area contributed by atoms with Gasteiger partial charge in [0.05, 0.1) is 15.5 Å². The summed E-state index contributed by atoms with van der Waals surface area (Å²) >= 11 is 0. The summed E-state index contributed by atoms with van der Waals surface area (Å²) in [4.78, 5) is 41.6. The van der Waals surface area contributed by atoms with Gasteiger partial charge in [0.15, 0.2) is 6.61 Å². The van der Waals surface area contributed by atoms with E-state index >= 15 is 0 Å². The van der Waals surface area contributed by atoms with E-state index in [1.807, 2.05) is 4.90 Å². The number of sulfonamides is 1. The molecule has 0 bridgehead atoms. The fourth-order valence-electron chi connectivity index (χ4n) is 5.18. The molecule has 3 aliphatic heterocycles. The Morgan fingerprint density at radius 2 is 1.59 bits per heavy atom. The van der Waals surface area contributed by atoms with Crippen LogP contribution in [0.2, 0.25) is 0 Å². The van der Waals surface area contributed by atoms with E-state index in [1.54, 1.807) is 23.1 Å². The number of nitro groups is 1. The predicted octanol–water partition coefficient (Wildman–Crippen LogP) is 2.23. The van der Waals surface area contributed by atoms with Gasteiger partial charge in [-0.2, -0.15) is 4.31 Å². The second-order valence-electron chi connectivity index (χ2n) is 9.86. The first-order valence-corrected chi connectivity index (χ1v) is 14.5. The molecule has 13 heteroatoms. The molecule has 12 nitrogen and oxygen atoms in total. The second kappa shape index (κ2) is 11.2. The van der Waals surface area contributed by atoms with Crippen LogP contribution in [0.1, 0.15) is 25.7 Å². The van der Waals surface area contributed by atoms with Crippen LogP contribution in [0, 0.1) is 10.1 Å². The summed E-state index contributed by atoms with van der Waals surface area (Å²) in [5.41, 5.74) is 1.13. The van der Waals surface area contributed by atoms with Gasteiger partial charge >= 0.3 is 0 Å². The van der Waals surface area contributed by atoms with Crippen LogP contribution in [0.4, 0.5) is 17.1 Å². The quantitative estimate of drug-likeness (QED) is 0.390.